The van der Waals surface area contributed by atoms with Gasteiger partial charge in [-0.25, -0.2) is 0 Å². The number of ether oxygens (including phenoxy) is 1. The van der Waals surface area contributed by atoms with Crippen molar-refractivity contribution in [3.05, 3.63) is 0 Å². The lowest BCUT2D eigenvalue weighted by Gasteiger charge is -2.26. The summed E-state index contributed by atoms with van der Waals surface area (Å²) in [6.07, 6.45) is 3.11. The molecule has 58 valence electrons. The lowest BCUT2D eigenvalue weighted by Crippen LogP contribution is -2.38. The molecule has 1 heterocycles. The molecule has 0 aromatic carbocycles. The van der Waals surface area contributed by atoms with Gasteiger partial charge in [0.05, 0.1) is 6.10 Å². The Hall–Kier alpha value is -0.220. The first-order chi connectivity index (χ1) is 4.83. The summed E-state index contributed by atoms with van der Waals surface area (Å²) in [6.45, 7) is 1.51. The SMILES string of the molecule is CSC(=O)NCC1CCO1. The first kappa shape index (κ1) is 7.88. The Morgan fingerprint density at radius 2 is 2.60 bits per heavy atom. The Labute approximate surface area is 64.5 Å². The van der Waals surface area contributed by atoms with E-state index in [9.17, 15) is 4.79 Å². The zero-order valence-electron chi connectivity index (χ0n) is 5.92. The van der Waals surface area contributed by atoms with Crippen LogP contribution in [0.15, 0.2) is 0 Å². The van der Waals surface area contributed by atoms with Gasteiger partial charge in [-0.2, -0.15) is 0 Å². The van der Waals surface area contributed by atoms with Crippen LogP contribution in [0.2, 0.25) is 0 Å². The fourth-order valence-corrected chi connectivity index (χ4v) is 0.943. The number of carbonyl (C=O) groups is 1. The van der Waals surface area contributed by atoms with Gasteiger partial charge in [0.1, 0.15) is 0 Å². The smallest absolute Gasteiger partial charge is 0.278 e. The van der Waals surface area contributed by atoms with E-state index in [1.165, 1.54) is 11.8 Å². The molecule has 1 N–H and O–H groups in total. The summed E-state index contributed by atoms with van der Waals surface area (Å²) >= 11 is 1.20. The highest BCUT2D eigenvalue weighted by atomic mass is 32.2. The van der Waals surface area contributed by atoms with Crippen LogP contribution < -0.4 is 5.32 Å². The van der Waals surface area contributed by atoms with Crippen LogP contribution >= 0.6 is 11.8 Å². The van der Waals surface area contributed by atoms with Gasteiger partial charge < -0.3 is 10.1 Å². The van der Waals surface area contributed by atoms with Gasteiger partial charge in [0, 0.05) is 13.2 Å². The number of nitrogens with one attached hydrogen (secondary N) is 1. The summed E-state index contributed by atoms with van der Waals surface area (Å²) in [5, 5.41) is 2.76. The Morgan fingerprint density at radius 1 is 1.90 bits per heavy atom. The molecule has 0 radical (unpaired) electrons. The number of amides is 1. The molecule has 0 aromatic heterocycles. The summed E-state index contributed by atoms with van der Waals surface area (Å²) in [4.78, 5) is 10.7. The number of rotatable bonds is 2. The zero-order valence-corrected chi connectivity index (χ0v) is 6.74. The van der Waals surface area contributed by atoms with E-state index in [1.54, 1.807) is 6.26 Å². The van der Waals surface area contributed by atoms with Gasteiger partial charge >= 0.3 is 0 Å². The maximum absolute atomic E-state index is 10.7. The summed E-state index contributed by atoms with van der Waals surface area (Å²) in [5.41, 5.74) is 0. The normalized spacial score (nSPS) is 23.5. The minimum absolute atomic E-state index is 0.0236. The molecular weight excluding hydrogens is 150 g/mol. The number of thioether (sulfide) groups is 1. The topological polar surface area (TPSA) is 38.3 Å². The predicted octanol–water partition coefficient (Wildman–Crippen LogP) is 0.848. The van der Waals surface area contributed by atoms with Crippen LogP contribution in [-0.2, 0) is 4.74 Å². The Morgan fingerprint density at radius 3 is 3.00 bits per heavy atom. The van der Waals surface area contributed by atoms with E-state index in [0.717, 1.165) is 13.0 Å². The molecule has 1 fully saturated rings. The van der Waals surface area contributed by atoms with Crippen molar-refractivity contribution >= 4 is 17.0 Å². The summed E-state index contributed by atoms with van der Waals surface area (Å²) in [5.74, 6) is 0. The van der Waals surface area contributed by atoms with Crippen molar-refractivity contribution in [2.75, 3.05) is 19.4 Å². The fraction of sp³-hybridized carbons (Fsp3) is 0.833. The van der Waals surface area contributed by atoms with Crippen LogP contribution in [0.3, 0.4) is 0 Å². The van der Waals surface area contributed by atoms with E-state index in [0.29, 0.717) is 6.54 Å². The summed E-state index contributed by atoms with van der Waals surface area (Å²) in [6, 6.07) is 0. The van der Waals surface area contributed by atoms with E-state index in [4.69, 9.17) is 4.74 Å². The average Bonchev–Trinajstić information content (AvgIpc) is 1.84. The second-order valence-electron chi connectivity index (χ2n) is 2.15. The van der Waals surface area contributed by atoms with Gasteiger partial charge in [0.25, 0.3) is 5.24 Å². The first-order valence-corrected chi connectivity index (χ1v) is 4.49. The lowest BCUT2D eigenvalue weighted by atomic mass is 10.2. The highest BCUT2D eigenvalue weighted by Crippen LogP contribution is 2.09. The van der Waals surface area contributed by atoms with Crippen LogP contribution in [0.25, 0.3) is 0 Å². The number of hydrogen-bond acceptors (Lipinski definition) is 3. The standard InChI is InChI=1S/C6H11NO2S/c1-10-6(8)7-4-5-2-3-9-5/h5H,2-4H2,1H3,(H,7,8). The highest BCUT2D eigenvalue weighted by Gasteiger charge is 2.17. The van der Waals surface area contributed by atoms with Gasteiger partial charge in [0.15, 0.2) is 0 Å². The highest BCUT2D eigenvalue weighted by molar-refractivity contribution is 8.12. The van der Waals surface area contributed by atoms with Crippen LogP contribution in [0.1, 0.15) is 6.42 Å². The molecule has 1 amide bonds. The second-order valence-corrected chi connectivity index (χ2v) is 2.93. The van der Waals surface area contributed by atoms with Crippen LogP contribution in [-0.4, -0.2) is 30.8 Å². The summed E-state index contributed by atoms with van der Waals surface area (Å²) < 4.78 is 5.10. The van der Waals surface area contributed by atoms with Gasteiger partial charge in [-0.1, -0.05) is 11.8 Å². The molecule has 4 heteroatoms. The molecule has 1 unspecified atom stereocenters. The third-order valence-electron chi connectivity index (χ3n) is 1.45. The van der Waals surface area contributed by atoms with Crippen molar-refractivity contribution in [2.24, 2.45) is 0 Å². The summed E-state index contributed by atoms with van der Waals surface area (Å²) in [7, 11) is 0. The van der Waals surface area contributed by atoms with E-state index < -0.39 is 0 Å². The quantitative estimate of drug-likeness (QED) is 0.652. The minimum atomic E-state index is 0.0236. The van der Waals surface area contributed by atoms with Gasteiger partial charge in [0.2, 0.25) is 0 Å². The van der Waals surface area contributed by atoms with Crippen LogP contribution in [0, 0.1) is 0 Å². The van der Waals surface area contributed by atoms with Gasteiger partial charge in [-0.05, 0) is 12.7 Å². The zero-order chi connectivity index (χ0) is 7.40. The molecule has 1 aliphatic rings. The van der Waals surface area contributed by atoms with E-state index in [2.05, 4.69) is 5.32 Å². The molecule has 1 atom stereocenters. The molecule has 1 rings (SSSR count). The second kappa shape index (κ2) is 3.83. The van der Waals surface area contributed by atoms with E-state index in [1.807, 2.05) is 0 Å². The third kappa shape index (κ3) is 2.19. The fourth-order valence-electron chi connectivity index (χ4n) is 0.715. The van der Waals surface area contributed by atoms with Crippen molar-refractivity contribution in [3.8, 4) is 0 Å². The largest absolute Gasteiger partial charge is 0.376 e. The van der Waals surface area contributed by atoms with Crippen LogP contribution in [0.4, 0.5) is 4.79 Å². The van der Waals surface area contributed by atoms with Crippen molar-refractivity contribution in [1.82, 2.24) is 5.32 Å². The number of carbonyl (C=O) groups excluding carboxylic acids is 1. The molecule has 1 saturated heterocycles. The molecule has 0 spiro atoms. The first-order valence-electron chi connectivity index (χ1n) is 3.26. The Kier molecular flexibility index (Phi) is 3.02. The molecule has 1 aliphatic heterocycles. The Balaban J connectivity index is 1.98. The molecule has 3 nitrogen and oxygen atoms in total. The van der Waals surface area contributed by atoms with Gasteiger partial charge in [-0.3, -0.25) is 4.79 Å². The molecule has 0 aliphatic carbocycles. The predicted molar refractivity (Wildman–Crippen MR) is 41.3 cm³/mol. The van der Waals surface area contributed by atoms with Crippen molar-refractivity contribution in [1.29, 1.82) is 0 Å². The van der Waals surface area contributed by atoms with Crippen molar-refractivity contribution in [2.45, 2.75) is 12.5 Å². The van der Waals surface area contributed by atoms with Crippen molar-refractivity contribution in [3.63, 3.8) is 0 Å². The molecular formula is C6H11NO2S. The van der Waals surface area contributed by atoms with E-state index in [-0.39, 0.29) is 11.3 Å². The maximum atomic E-state index is 10.7. The Bertz CT molecular complexity index is 125. The lowest BCUT2D eigenvalue weighted by molar-refractivity contribution is -0.0464. The molecule has 0 aromatic rings. The molecule has 10 heavy (non-hydrogen) atoms. The molecule has 0 bridgehead atoms. The number of hydrogen-bond donors (Lipinski definition) is 1. The minimum Gasteiger partial charge on any atom is -0.376 e. The third-order valence-corrected chi connectivity index (χ3v) is 1.97. The van der Waals surface area contributed by atoms with Crippen LogP contribution in [0.5, 0.6) is 0 Å². The van der Waals surface area contributed by atoms with Crippen molar-refractivity contribution < 1.29 is 9.53 Å². The monoisotopic (exact) mass is 161 g/mol. The van der Waals surface area contributed by atoms with E-state index >= 15 is 0 Å². The average molecular weight is 161 g/mol. The van der Waals surface area contributed by atoms with Gasteiger partial charge in [-0.15, -0.1) is 0 Å². The maximum Gasteiger partial charge on any atom is 0.278 e. The molecule has 0 saturated carbocycles.